The monoisotopic (exact) mass is 529 g/mol. The van der Waals surface area contributed by atoms with E-state index in [0.29, 0.717) is 23.7 Å². The highest BCUT2D eigenvalue weighted by Gasteiger charge is 2.23. The van der Waals surface area contributed by atoms with Gasteiger partial charge in [0.25, 0.3) is 0 Å². The molecule has 0 radical (unpaired) electrons. The molecule has 1 fully saturated rings. The summed E-state index contributed by atoms with van der Waals surface area (Å²) in [4.78, 5) is 2.48. The normalized spacial score (nSPS) is 16.3. The quantitative estimate of drug-likeness (QED) is 0.390. The summed E-state index contributed by atoms with van der Waals surface area (Å²) in [6.07, 6.45) is 2.18. The van der Waals surface area contributed by atoms with Crippen LogP contribution in [0.25, 0.3) is 0 Å². The molecule has 0 aliphatic carbocycles. The number of aliphatic hydroxyl groups excluding tert-OH is 1. The van der Waals surface area contributed by atoms with Crippen molar-refractivity contribution in [1.82, 2.24) is 4.90 Å². The van der Waals surface area contributed by atoms with Crippen LogP contribution in [0.3, 0.4) is 0 Å². The number of nitrogens with zero attached hydrogens (tertiary/aromatic N) is 1. The molecule has 1 N–H and O–H groups in total. The van der Waals surface area contributed by atoms with E-state index in [2.05, 4.69) is 17.0 Å². The Kier molecular flexibility index (Phi) is 8.57. The molecule has 192 valence electrons. The lowest BCUT2D eigenvalue weighted by molar-refractivity contribution is 0.153. The Morgan fingerprint density at radius 1 is 1.03 bits per heavy atom. The van der Waals surface area contributed by atoms with Crippen LogP contribution < -0.4 is 9.47 Å². The standard InChI is InChI=1S/C28H32ClNO5S/c1-20-12-23(19-36(32,33)26-9-10-28(34-2)27(29)15-26)14-25(13-20)35-18-22-7-5-21(6-8-22)16-30-11-3-4-24(30)17-31/h5-10,12-15,24,31H,3-4,11,16-19H2,1-2H3/t24-/m1/s1. The summed E-state index contributed by atoms with van der Waals surface area (Å²) in [6, 6.07) is 18.5. The van der Waals surface area contributed by atoms with Gasteiger partial charge < -0.3 is 14.6 Å². The van der Waals surface area contributed by atoms with Crippen LogP contribution in [0.15, 0.2) is 65.6 Å². The second-order valence-electron chi connectivity index (χ2n) is 9.26. The summed E-state index contributed by atoms with van der Waals surface area (Å²) in [5, 5.41) is 9.78. The SMILES string of the molecule is COc1ccc(S(=O)(=O)Cc2cc(C)cc(OCc3ccc(CN4CCC[C@@H]4CO)cc3)c2)cc1Cl. The first-order valence-corrected chi connectivity index (χ1v) is 14.0. The Morgan fingerprint density at radius 3 is 2.47 bits per heavy atom. The average Bonchev–Trinajstić information content (AvgIpc) is 3.30. The summed E-state index contributed by atoms with van der Waals surface area (Å²) in [7, 11) is -2.11. The highest BCUT2D eigenvalue weighted by Crippen LogP contribution is 2.29. The molecule has 36 heavy (non-hydrogen) atoms. The van der Waals surface area contributed by atoms with Crippen LogP contribution in [0, 0.1) is 6.92 Å². The van der Waals surface area contributed by atoms with E-state index in [0.717, 1.165) is 37.1 Å². The molecular formula is C28H32ClNO5S. The zero-order chi connectivity index (χ0) is 25.7. The van der Waals surface area contributed by atoms with Gasteiger partial charge in [-0.3, -0.25) is 4.90 Å². The molecular weight excluding hydrogens is 498 g/mol. The molecule has 1 aliphatic heterocycles. The minimum absolute atomic E-state index is 0.150. The van der Waals surface area contributed by atoms with E-state index in [1.165, 1.54) is 24.8 Å². The number of hydrogen-bond donors (Lipinski definition) is 1. The van der Waals surface area contributed by atoms with Gasteiger partial charge in [0.05, 0.1) is 29.4 Å². The number of halogens is 1. The number of methoxy groups -OCH3 is 1. The van der Waals surface area contributed by atoms with Crippen molar-refractivity contribution in [2.45, 2.75) is 49.6 Å². The summed E-state index contributed by atoms with van der Waals surface area (Å²) in [6.45, 7) is 4.36. The van der Waals surface area contributed by atoms with Crippen LogP contribution in [0.1, 0.15) is 35.1 Å². The van der Waals surface area contributed by atoms with E-state index in [4.69, 9.17) is 21.1 Å². The van der Waals surface area contributed by atoms with E-state index >= 15 is 0 Å². The van der Waals surface area contributed by atoms with E-state index in [1.807, 2.05) is 31.2 Å². The molecule has 4 rings (SSSR count). The first-order chi connectivity index (χ1) is 17.3. The van der Waals surface area contributed by atoms with Crippen molar-refractivity contribution in [2.75, 3.05) is 20.3 Å². The molecule has 1 aliphatic rings. The van der Waals surface area contributed by atoms with Crippen molar-refractivity contribution in [3.63, 3.8) is 0 Å². The van der Waals surface area contributed by atoms with Gasteiger partial charge in [0.2, 0.25) is 0 Å². The van der Waals surface area contributed by atoms with Gasteiger partial charge in [0.1, 0.15) is 18.1 Å². The Labute approximate surface area is 218 Å². The molecule has 1 atom stereocenters. The minimum Gasteiger partial charge on any atom is -0.495 e. The molecule has 0 spiro atoms. The second-order valence-corrected chi connectivity index (χ2v) is 11.7. The molecule has 0 aromatic heterocycles. The van der Waals surface area contributed by atoms with Gasteiger partial charge in [-0.1, -0.05) is 41.9 Å². The first-order valence-electron chi connectivity index (χ1n) is 12.0. The molecule has 0 amide bonds. The third kappa shape index (κ3) is 6.59. The van der Waals surface area contributed by atoms with Crippen LogP contribution in [-0.2, 0) is 28.7 Å². The van der Waals surface area contributed by atoms with Crippen molar-refractivity contribution in [2.24, 2.45) is 0 Å². The van der Waals surface area contributed by atoms with Crippen LogP contribution in [0.2, 0.25) is 5.02 Å². The van der Waals surface area contributed by atoms with Gasteiger partial charge in [-0.25, -0.2) is 8.42 Å². The van der Waals surface area contributed by atoms with Crippen LogP contribution in [0.4, 0.5) is 0 Å². The van der Waals surface area contributed by atoms with Gasteiger partial charge in [0, 0.05) is 12.6 Å². The Morgan fingerprint density at radius 2 is 1.78 bits per heavy atom. The lowest BCUT2D eigenvalue weighted by atomic mass is 10.1. The number of benzene rings is 3. The Bertz CT molecular complexity index is 1290. The molecule has 0 bridgehead atoms. The summed E-state index contributed by atoms with van der Waals surface area (Å²) in [5.41, 5.74) is 3.81. The number of sulfone groups is 1. The van der Waals surface area contributed by atoms with Gasteiger partial charge in [-0.2, -0.15) is 0 Å². The molecule has 0 unspecified atom stereocenters. The molecule has 1 heterocycles. The number of rotatable bonds is 10. The molecule has 6 nitrogen and oxygen atoms in total. The predicted molar refractivity (Wildman–Crippen MR) is 141 cm³/mol. The largest absolute Gasteiger partial charge is 0.495 e. The summed E-state index contributed by atoms with van der Waals surface area (Å²) in [5.74, 6) is 0.897. The molecule has 3 aromatic rings. The Balaban J connectivity index is 1.39. The lowest BCUT2D eigenvalue weighted by Crippen LogP contribution is -2.31. The summed E-state index contributed by atoms with van der Waals surface area (Å²) >= 11 is 6.13. The van der Waals surface area contributed by atoms with Crippen LogP contribution in [0.5, 0.6) is 11.5 Å². The first kappa shape index (κ1) is 26.5. The van der Waals surface area contributed by atoms with Crippen LogP contribution in [-0.4, -0.2) is 44.7 Å². The number of ether oxygens (including phenoxy) is 2. The maximum atomic E-state index is 13.0. The van der Waals surface area contributed by atoms with Gasteiger partial charge >= 0.3 is 0 Å². The van der Waals surface area contributed by atoms with Crippen molar-refractivity contribution in [3.8, 4) is 11.5 Å². The van der Waals surface area contributed by atoms with E-state index < -0.39 is 9.84 Å². The lowest BCUT2D eigenvalue weighted by Gasteiger charge is -2.22. The number of likely N-dealkylation sites (tertiary alicyclic amines) is 1. The van der Waals surface area contributed by atoms with E-state index in [9.17, 15) is 13.5 Å². The highest BCUT2D eigenvalue weighted by molar-refractivity contribution is 7.90. The van der Waals surface area contributed by atoms with Gasteiger partial charge in [-0.05, 0) is 78.9 Å². The third-order valence-corrected chi connectivity index (χ3v) is 8.45. The summed E-state index contributed by atoms with van der Waals surface area (Å²) < 4.78 is 37.1. The number of hydrogen-bond acceptors (Lipinski definition) is 6. The zero-order valence-electron chi connectivity index (χ0n) is 20.6. The zero-order valence-corrected chi connectivity index (χ0v) is 22.2. The van der Waals surface area contributed by atoms with Crippen molar-refractivity contribution >= 4 is 21.4 Å². The maximum Gasteiger partial charge on any atom is 0.182 e. The highest BCUT2D eigenvalue weighted by atomic mass is 35.5. The average molecular weight is 530 g/mol. The fourth-order valence-corrected chi connectivity index (χ4v) is 6.25. The van der Waals surface area contributed by atoms with Crippen molar-refractivity contribution < 1.29 is 23.0 Å². The molecule has 3 aromatic carbocycles. The van der Waals surface area contributed by atoms with E-state index in [-0.39, 0.29) is 28.3 Å². The Hall–Kier alpha value is -2.58. The number of aryl methyl sites for hydroxylation is 1. The van der Waals surface area contributed by atoms with Crippen LogP contribution >= 0.6 is 11.6 Å². The van der Waals surface area contributed by atoms with Crippen molar-refractivity contribution in [3.05, 3.63) is 87.9 Å². The fraction of sp³-hybridized carbons (Fsp3) is 0.357. The minimum atomic E-state index is -3.60. The molecule has 1 saturated heterocycles. The van der Waals surface area contributed by atoms with E-state index in [1.54, 1.807) is 12.1 Å². The molecule has 0 saturated carbocycles. The second kappa shape index (κ2) is 11.6. The number of aliphatic hydroxyl groups is 1. The fourth-order valence-electron chi connectivity index (χ4n) is 4.59. The van der Waals surface area contributed by atoms with Gasteiger partial charge in [0.15, 0.2) is 9.84 Å². The predicted octanol–water partition coefficient (Wildman–Crippen LogP) is 5.17. The smallest absolute Gasteiger partial charge is 0.182 e. The topological polar surface area (TPSA) is 76.1 Å². The van der Waals surface area contributed by atoms with Gasteiger partial charge in [-0.15, -0.1) is 0 Å². The molecule has 8 heteroatoms. The maximum absolute atomic E-state index is 13.0. The third-order valence-electron chi connectivity index (χ3n) is 6.47. The van der Waals surface area contributed by atoms with Crippen molar-refractivity contribution in [1.29, 1.82) is 0 Å².